The molecule has 0 aromatic carbocycles. The third-order valence-electron chi connectivity index (χ3n) is 0.667. The van der Waals surface area contributed by atoms with Crippen LogP contribution in [0.15, 0.2) is 0 Å². The second-order valence-electron chi connectivity index (χ2n) is 3.21. The molecule has 12 heavy (non-hydrogen) atoms. The van der Waals surface area contributed by atoms with Crippen molar-refractivity contribution < 1.29 is 13.0 Å². The van der Waals surface area contributed by atoms with Gasteiger partial charge in [-0.3, -0.25) is 4.55 Å². The highest BCUT2D eigenvalue weighted by atomic mass is 32.2. The Hall–Kier alpha value is -0.130. The van der Waals surface area contributed by atoms with Gasteiger partial charge in [0, 0.05) is 12.1 Å². The van der Waals surface area contributed by atoms with Gasteiger partial charge in [-0.15, -0.1) is 0 Å². The molecule has 0 rings (SSSR count). The molecule has 5 heteroatoms. The minimum absolute atomic E-state index is 0.625. The Labute approximate surface area is 75.1 Å². The van der Waals surface area contributed by atoms with Gasteiger partial charge in [0.05, 0.1) is 6.26 Å². The first kappa shape index (κ1) is 14.4. The highest BCUT2D eigenvalue weighted by molar-refractivity contribution is 7.85. The normalized spacial score (nSPS) is 11.3. The highest BCUT2D eigenvalue weighted by Gasteiger charge is 1.92. The lowest BCUT2D eigenvalue weighted by atomic mass is 10.3. The fourth-order valence-corrected chi connectivity index (χ4v) is 0.667. The van der Waals surface area contributed by atoms with E-state index in [4.69, 9.17) is 4.55 Å². The first-order valence-electron chi connectivity index (χ1n) is 3.81. The molecule has 0 aliphatic carbocycles. The zero-order valence-corrected chi connectivity index (χ0v) is 9.14. The topological polar surface area (TPSA) is 66.4 Å². The summed E-state index contributed by atoms with van der Waals surface area (Å²) >= 11 is 0. The Bertz CT molecular complexity index is 171. The molecule has 0 spiro atoms. The van der Waals surface area contributed by atoms with Gasteiger partial charge in [0.2, 0.25) is 0 Å². The van der Waals surface area contributed by atoms with Crippen LogP contribution in [-0.2, 0) is 10.1 Å². The maximum Gasteiger partial charge on any atom is 0.261 e. The number of hydrogen-bond donors (Lipinski definition) is 2. The molecule has 0 unspecified atom stereocenters. The van der Waals surface area contributed by atoms with E-state index < -0.39 is 10.1 Å². The summed E-state index contributed by atoms with van der Waals surface area (Å²) in [4.78, 5) is 0. The van der Waals surface area contributed by atoms with Crippen molar-refractivity contribution in [1.29, 1.82) is 0 Å². The molecule has 0 aromatic heterocycles. The van der Waals surface area contributed by atoms with Gasteiger partial charge in [0.25, 0.3) is 10.1 Å². The molecule has 0 bridgehead atoms. The van der Waals surface area contributed by atoms with E-state index in [1.54, 1.807) is 0 Å². The van der Waals surface area contributed by atoms with Crippen molar-refractivity contribution in [3.05, 3.63) is 0 Å². The quantitative estimate of drug-likeness (QED) is 0.645. The molecular formula is C7H19NO3S. The molecule has 0 radical (unpaired) electrons. The van der Waals surface area contributed by atoms with Crippen LogP contribution in [0.2, 0.25) is 0 Å². The van der Waals surface area contributed by atoms with E-state index in [1.807, 2.05) is 0 Å². The van der Waals surface area contributed by atoms with Crippen molar-refractivity contribution in [2.45, 2.75) is 39.8 Å². The van der Waals surface area contributed by atoms with Gasteiger partial charge in [-0.25, -0.2) is 0 Å². The lowest BCUT2D eigenvalue weighted by Crippen LogP contribution is -2.29. The zero-order valence-electron chi connectivity index (χ0n) is 8.33. The average molecular weight is 197 g/mol. The average Bonchev–Trinajstić information content (AvgIpc) is 1.52. The third-order valence-corrected chi connectivity index (χ3v) is 0.667. The summed E-state index contributed by atoms with van der Waals surface area (Å²) in [5.74, 6) is 0. The van der Waals surface area contributed by atoms with Crippen molar-refractivity contribution in [2.24, 2.45) is 0 Å². The summed E-state index contributed by atoms with van der Waals surface area (Å²) < 4.78 is 25.9. The van der Waals surface area contributed by atoms with Crippen LogP contribution in [0.4, 0.5) is 0 Å². The van der Waals surface area contributed by atoms with Crippen LogP contribution in [0.25, 0.3) is 0 Å². The van der Waals surface area contributed by atoms with E-state index in [0.717, 1.165) is 0 Å². The van der Waals surface area contributed by atoms with Crippen LogP contribution in [0.5, 0.6) is 0 Å². The van der Waals surface area contributed by atoms with Gasteiger partial charge < -0.3 is 5.32 Å². The molecule has 4 nitrogen and oxygen atoms in total. The number of nitrogens with one attached hydrogen (secondary N) is 1. The molecule has 76 valence electrons. The molecule has 0 fully saturated rings. The van der Waals surface area contributed by atoms with E-state index >= 15 is 0 Å². The summed E-state index contributed by atoms with van der Waals surface area (Å²) in [5, 5.41) is 3.31. The summed E-state index contributed by atoms with van der Waals surface area (Å²) in [5.41, 5.74) is 0. The van der Waals surface area contributed by atoms with E-state index in [9.17, 15) is 8.42 Å². The minimum atomic E-state index is -3.67. The predicted octanol–water partition coefficient (Wildman–Crippen LogP) is 0.897. The van der Waals surface area contributed by atoms with Crippen molar-refractivity contribution >= 4 is 10.1 Å². The minimum Gasteiger partial charge on any atom is -0.312 e. The third kappa shape index (κ3) is 51.8. The Kier molecular flexibility index (Phi) is 7.67. The lowest BCUT2D eigenvalue weighted by molar-refractivity contribution is 0.490. The largest absolute Gasteiger partial charge is 0.312 e. The molecule has 0 saturated carbocycles. The van der Waals surface area contributed by atoms with Crippen molar-refractivity contribution in [3.63, 3.8) is 0 Å². The second kappa shape index (κ2) is 6.39. The smallest absolute Gasteiger partial charge is 0.261 e. The molecule has 0 atom stereocenters. The van der Waals surface area contributed by atoms with Gasteiger partial charge in [-0.2, -0.15) is 8.42 Å². The zero-order chi connectivity index (χ0) is 10.4. The predicted molar refractivity (Wildman–Crippen MR) is 50.9 cm³/mol. The molecule has 0 aliphatic rings. The molecule has 2 N–H and O–H groups in total. The van der Waals surface area contributed by atoms with Gasteiger partial charge in [0.1, 0.15) is 0 Å². The van der Waals surface area contributed by atoms with Gasteiger partial charge >= 0.3 is 0 Å². The first-order chi connectivity index (χ1) is 5.13. The second-order valence-corrected chi connectivity index (χ2v) is 4.68. The molecule has 0 saturated heterocycles. The maximum absolute atomic E-state index is 9.19. The van der Waals surface area contributed by atoms with Gasteiger partial charge in [0.15, 0.2) is 0 Å². The molecule has 0 aromatic rings. The van der Waals surface area contributed by atoms with Gasteiger partial charge in [-0.1, -0.05) is 27.7 Å². The highest BCUT2D eigenvalue weighted by Crippen LogP contribution is 1.80. The number of hydrogen-bond acceptors (Lipinski definition) is 3. The summed E-state index contributed by atoms with van der Waals surface area (Å²) in [6.45, 7) is 8.61. The Balaban J connectivity index is 0. The number of rotatable bonds is 2. The SMILES string of the molecule is CC(C)NC(C)C.CS(=O)(=O)O. The van der Waals surface area contributed by atoms with Crippen LogP contribution in [0.1, 0.15) is 27.7 Å². The van der Waals surface area contributed by atoms with Crippen LogP contribution in [-0.4, -0.2) is 31.3 Å². The maximum atomic E-state index is 9.19. The summed E-state index contributed by atoms with van der Waals surface area (Å²) in [6.07, 6.45) is 0.715. The van der Waals surface area contributed by atoms with Crippen LogP contribution in [0.3, 0.4) is 0 Å². The first-order valence-corrected chi connectivity index (χ1v) is 5.66. The van der Waals surface area contributed by atoms with E-state index in [1.165, 1.54) is 0 Å². The van der Waals surface area contributed by atoms with Crippen molar-refractivity contribution in [3.8, 4) is 0 Å². The summed E-state index contributed by atoms with van der Waals surface area (Å²) in [7, 11) is -3.67. The monoisotopic (exact) mass is 197 g/mol. The molecule has 0 heterocycles. The Morgan fingerprint density at radius 1 is 1.08 bits per heavy atom. The van der Waals surface area contributed by atoms with Crippen molar-refractivity contribution in [1.82, 2.24) is 5.32 Å². The molecule has 0 aliphatic heterocycles. The molecular weight excluding hydrogens is 178 g/mol. The fraction of sp³-hybridized carbons (Fsp3) is 1.00. The van der Waals surface area contributed by atoms with Crippen LogP contribution in [0, 0.1) is 0 Å². The van der Waals surface area contributed by atoms with Crippen LogP contribution < -0.4 is 5.32 Å². The molecule has 0 amide bonds. The Morgan fingerprint density at radius 3 is 1.25 bits per heavy atom. The fourth-order valence-electron chi connectivity index (χ4n) is 0.667. The lowest BCUT2D eigenvalue weighted by Gasteiger charge is -2.10. The van der Waals surface area contributed by atoms with Crippen LogP contribution >= 0.6 is 0 Å². The van der Waals surface area contributed by atoms with E-state index in [0.29, 0.717) is 18.3 Å². The van der Waals surface area contributed by atoms with E-state index in [2.05, 4.69) is 33.0 Å². The van der Waals surface area contributed by atoms with Gasteiger partial charge in [-0.05, 0) is 0 Å². The Morgan fingerprint density at radius 2 is 1.25 bits per heavy atom. The standard InChI is InChI=1S/C6H15N.CH4O3S/c1-5(2)7-6(3)4;1-5(2,3)4/h5-7H,1-4H3;1H3,(H,2,3,4). The van der Waals surface area contributed by atoms with Crippen molar-refractivity contribution in [2.75, 3.05) is 6.26 Å². The van der Waals surface area contributed by atoms with E-state index in [-0.39, 0.29) is 0 Å². The summed E-state index contributed by atoms with van der Waals surface area (Å²) in [6, 6.07) is 1.25.